The zero-order valence-corrected chi connectivity index (χ0v) is 26.4. The fraction of sp³-hybridized carbons (Fsp3) is 0.308. The van der Waals surface area contributed by atoms with Crippen molar-refractivity contribution < 1.29 is 4.79 Å². The van der Waals surface area contributed by atoms with E-state index < -0.39 is 12.0 Å². The molecule has 1 amide bonds. The van der Waals surface area contributed by atoms with Gasteiger partial charge in [-0.1, -0.05) is 112 Å². The zero-order chi connectivity index (χ0) is 31.1. The summed E-state index contributed by atoms with van der Waals surface area (Å²) in [6, 6.07) is 33.2. The van der Waals surface area contributed by atoms with E-state index in [-0.39, 0.29) is 11.5 Å². The Morgan fingerprint density at radius 2 is 1.41 bits per heavy atom. The smallest absolute Gasteiger partial charge is 0.266 e. The van der Waals surface area contributed by atoms with Crippen LogP contribution in [-0.2, 0) is 4.79 Å². The van der Waals surface area contributed by atoms with Gasteiger partial charge in [-0.15, -0.1) is 0 Å². The van der Waals surface area contributed by atoms with Gasteiger partial charge in [0.2, 0.25) is 5.91 Å². The number of benzene rings is 4. The maximum absolute atomic E-state index is 15.0. The lowest BCUT2D eigenvalue weighted by atomic mass is 9.89. The van der Waals surface area contributed by atoms with Gasteiger partial charge < -0.3 is 4.90 Å². The number of nitrogens with zero attached hydrogens (tertiary/aromatic N) is 3. The number of aryl methyl sites for hydroxylation is 2. The van der Waals surface area contributed by atoms with Gasteiger partial charge in [0, 0.05) is 6.54 Å². The summed E-state index contributed by atoms with van der Waals surface area (Å²) in [7, 11) is 0. The number of carbonyl (C=O) groups is 1. The van der Waals surface area contributed by atoms with Crippen LogP contribution in [-0.4, -0.2) is 26.9 Å². The molecule has 0 fully saturated rings. The van der Waals surface area contributed by atoms with Crippen molar-refractivity contribution in [3.63, 3.8) is 0 Å². The van der Waals surface area contributed by atoms with Crippen LogP contribution in [0.1, 0.15) is 86.0 Å². The van der Waals surface area contributed by atoms with Crippen LogP contribution in [0.5, 0.6) is 0 Å². The van der Waals surface area contributed by atoms with E-state index in [0.717, 1.165) is 53.6 Å². The molecule has 226 valence electrons. The Labute approximate surface area is 261 Å². The van der Waals surface area contributed by atoms with Gasteiger partial charge in [0.1, 0.15) is 5.82 Å². The van der Waals surface area contributed by atoms with E-state index >= 15 is 0 Å². The van der Waals surface area contributed by atoms with Gasteiger partial charge in [-0.05, 0) is 73.2 Å². The van der Waals surface area contributed by atoms with Crippen LogP contribution in [0.25, 0.3) is 16.6 Å². The Hall–Kier alpha value is -4.51. The molecule has 0 aliphatic carbocycles. The molecule has 0 aliphatic heterocycles. The molecular weight excluding hydrogens is 542 g/mol. The van der Waals surface area contributed by atoms with Crippen LogP contribution < -0.4 is 5.56 Å². The van der Waals surface area contributed by atoms with Gasteiger partial charge >= 0.3 is 0 Å². The number of hydrogen-bond acceptors (Lipinski definition) is 3. The number of rotatable bonds is 12. The molecule has 0 N–H and O–H groups in total. The van der Waals surface area contributed by atoms with E-state index in [9.17, 15) is 9.59 Å². The van der Waals surface area contributed by atoms with Gasteiger partial charge in [0.15, 0.2) is 0 Å². The van der Waals surface area contributed by atoms with E-state index in [0.29, 0.717) is 29.7 Å². The fourth-order valence-electron chi connectivity index (χ4n) is 6.09. The second kappa shape index (κ2) is 14.3. The van der Waals surface area contributed by atoms with Crippen LogP contribution in [0.2, 0.25) is 0 Å². The highest BCUT2D eigenvalue weighted by Crippen LogP contribution is 2.33. The van der Waals surface area contributed by atoms with Crippen LogP contribution in [0.15, 0.2) is 108 Å². The molecule has 1 aromatic heterocycles. The van der Waals surface area contributed by atoms with Crippen LogP contribution in [0, 0.1) is 13.8 Å². The van der Waals surface area contributed by atoms with Crippen molar-refractivity contribution in [1.29, 1.82) is 0 Å². The van der Waals surface area contributed by atoms with Gasteiger partial charge in [0.05, 0.1) is 28.6 Å². The number of amides is 1. The Bertz CT molecular complexity index is 1720. The molecule has 0 saturated carbocycles. The summed E-state index contributed by atoms with van der Waals surface area (Å²) in [4.78, 5) is 36.4. The number of unbranched alkanes of at least 4 members (excludes halogenated alkanes) is 3. The summed E-state index contributed by atoms with van der Waals surface area (Å²) in [5, 5.41) is 0.566. The third-order valence-electron chi connectivity index (χ3n) is 8.66. The molecule has 0 saturated heterocycles. The Kier molecular flexibility index (Phi) is 10.1. The van der Waals surface area contributed by atoms with Crippen LogP contribution in [0.4, 0.5) is 0 Å². The van der Waals surface area contributed by atoms with Crippen molar-refractivity contribution in [2.45, 2.75) is 71.8 Å². The fourth-order valence-corrected chi connectivity index (χ4v) is 6.09. The van der Waals surface area contributed by atoms with Crippen molar-refractivity contribution in [3.8, 4) is 5.69 Å². The summed E-state index contributed by atoms with van der Waals surface area (Å²) >= 11 is 0. The van der Waals surface area contributed by atoms with E-state index in [1.807, 2.05) is 108 Å². The van der Waals surface area contributed by atoms with Gasteiger partial charge in [-0.25, -0.2) is 4.98 Å². The molecule has 0 aliphatic rings. The number of hydrogen-bond donors (Lipinski definition) is 0. The maximum atomic E-state index is 15.0. The van der Waals surface area contributed by atoms with Crippen LogP contribution in [0.3, 0.4) is 0 Å². The third kappa shape index (κ3) is 6.52. The molecule has 1 unspecified atom stereocenters. The average molecular weight is 586 g/mol. The Morgan fingerprint density at radius 1 is 0.773 bits per heavy atom. The molecule has 0 spiro atoms. The average Bonchev–Trinajstić information content (AvgIpc) is 3.05. The van der Waals surface area contributed by atoms with Crippen LogP contribution >= 0.6 is 0 Å². The van der Waals surface area contributed by atoms with Gasteiger partial charge in [-0.2, -0.15) is 0 Å². The normalized spacial score (nSPS) is 12.0. The number of fused-ring (bicyclic) bond motifs is 1. The summed E-state index contributed by atoms with van der Waals surface area (Å²) in [6.45, 7) is 9.00. The van der Waals surface area contributed by atoms with E-state index in [1.165, 1.54) is 0 Å². The lowest BCUT2D eigenvalue weighted by Gasteiger charge is -2.35. The molecule has 44 heavy (non-hydrogen) atoms. The predicted molar refractivity (Wildman–Crippen MR) is 180 cm³/mol. The third-order valence-corrected chi connectivity index (χ3v) is 8.66. The first-order valence-electron chi connectivity index (χ1n) is 15.9. The Morgan fingerprint density at radius 3 is 2.02 bits per heavy atom. The van der Waals surface area contributed by atoms with E-state index in [1.54, 1.807) is 4.57 Å². The first-order chi connectivity index (χ1) is 21.4. The number of para-hydroxylation sites is 1. The Balaban J connectivity index is 1.71. The molecule has 5 nitrogen and oxygen atoms in total. The number of aromatic nitrogens is 2. The first-order valence-corrected chi connectivity index (χ1v) is 15.9. The number of carbonyl (C=O) groups excluding carboxylic acids is 1. The molecule has 0 bridgehead atoms. The largest absolute Gasteiger partial charge is 0.332 e. The monoisotopic (exact) mass is 585 g/mol. The van der Waals surface area contributed by atoms with Crippen molar-refractivity contribution in [3.05, 3.63) is 142 Å². The minimum absolute atomic E-state index is 0.0276. The standard InChI is InChI=1S/C39H43N3O2/c1-5-7-8-17-26-41(39(44)36(30-18-11-9-12-19-30)31-20-13-10-14-21-31)35(6-2)37-40-34-23-16-15-22-33(34)38(43)42(37)32-25-24-28(3)29(4)27-32/h9-16,18-25,27,35-36H,5-8,17,26H2,1-4H3. The highest BCUT2D eigenvalue weighted by Gasteiger charge is 2.34. The molecular formula is C39H43N3O2. The lowest BCUT2D eigenvalue weighted by Crippen LogP contribution is -2.41. The van der Waals surface area contributed by atoms with Gasteiger partial charge in [0.25, 0.3) is 5.56 Å². The minimum Gasteiger partial charge on any atom is -0.332 e. The summed E-state index contributed by atoms with van der Waals surface area (Å²) in [5.74, 6) is 0.155. The van der Waals surface area contributed by atoms with Crippen molar-refractivity contribution in [1.82, 2.24) is 14.5 Å². The molecule has 5 rings (SSSR count). The summed E-state index contributed by atoms with van der Waals surface area (Å²) < 4.78 is 1.75. The van der Waals surface area contributed by atoms with E-state index in [2.05, 4.69) is 27.7 Å². The van der Waals surface area contributed by atoms with E-state index in [4.69, 9.17) is 4.98 Å². The molecule has 5 heteroatoms. The maximum Gasteiger partial charge on any atom is 0.266 e. The molecule has 0 radical (unpaired) electrons. The minimum atomic E-state index is -0.472. The van der Waals surface area contributed by atoms with Gasteiger partial charge in [-0.3, -0.25) is 14.2 Å². The molecule has 5 aromatic rings. The quantitative estimate of drug-likeness (QED) is 0.138. The van der Waals surface area contributed by atoms with Crippen molar-refractivity contribution >= 4 is 16.8 Å². The summed E-state index contributed by atoms with van der Waals surface area (Å²) in [6.07, 6.45) is 4.76. The first kappa shape index (κ1) is 30.9. The molecule has 4 aromatic carbocycles. The summed E-state index contributed by atoms with van der Waals surface area (Å²) in [5.41, 5.74) is 5.46. The molecule has 1 heterocycles. The molecule has 1 atom stereocenters. The second-order valence-corrected chi connectivity index (χ2v) is 11.7. The lowest BCUT2D eigenvalue weighted by molar-refractivity contribution is -0.134. The highest BCUT2D eigenvalue weighted by atomic mass is 16.2. The second-order valence-electron chi connectivity index (χ2n) is 11.7. The zero-order valence-electron chi connectivity index (χ0n) is 26.4. The van der Waals surface area contributed by atoms with Crippen molar-refractivity contribution in [2.24, 2.45) is 0 Å². The highest BCUT2D eigenvalue weighted by molar-refractivity contribution is 5.87. The van der Waals surface area contributed by atoms with Crippen molar-refractivity contribution in [2.75, 3.05) is 6.54 Å². The topological polar surface area (TPSA) is 55.2 Å². The predicted octanol–water partition coefficient (Wildman–Crippen LogP) is 8.69. The SMILES string of the molecule is CCCCCCN(C(=O)C(c1ccccc1)c1ccccc1)C(CC)c1nc2ccccc2c(=O)n1-c1ccc(C)c(C)c1.